The van der Waals surface area contributed by atoms with Crippen molar-refractivity contribution in [1.29, 1.82) is 5.41 Å². The average Bonchev–Trinajstić information content (AvgIpc) is 2.65. The maximum absolute atomic E-state index is 12.3. The predicted molar refractivity (Wildman–Crippen MR) is 99.5 cm³/mol. The molecule has 0 spiro atoms. The van der Waals surface area contributed by atoms with E-state index < -0.39 is 0 Å². The molecule has 2 aliphatic rings. The lowest BCUT2D eigenvalue weighted by molar-refractivity contribution is 0.0598. The van der Waals surface area contributed by atoms with Crippen LogP contribution in [0.4, 0.5) is 5.69 Å². The molecule has 4 rings (SSSR count). The largest absolute Gasteiger partial charge is 0.465 e. The molecule has 1 aliphatic carbocycles. The number of hydrogen-bond donors (Lipinski definition) is 2. The second kappa shape index (κ2) is 6.19. The topological polar surface area (TPSA) is 85.4 Å². The van der Waals surface area contributed by atoms with E-state index in [1.54, 1.807) is 24.3 Å². The van der Waals surface area contributed by atoms with E-state index in [0.717, 1.165) is 11.1 Å². The van der Waals surface area contributed by atoms with Gasteiger partial charge in [-0.05, 0) is 23.8 Å². The molecule has 0 saturated carbocycles. The smallest absolute Gasteiger partial charge is 0.338 e. The van der Waals surface area contributed by atoms with Gasteiger partial charge in [-0.2, -0.15) is 0 Å². The van der Waals surface area contributed by atoms with Crippen molar-refractivity contribution >= 4 is 17.4 Å². The number of ether oxygens (including phenoxy) is 2. The van der Waals surface area contributed by atoms with Crippen molar-refractivity contribution in [3.63, 3.8) is 0 Å². The molecule has 0 fully saturated rings. The summed E-state index contributed by atoms with van der Waals surface area (Å²) in [6, 6.07) is 13.0. The number of methoxy groups -OCH3 is 1. The summed E-state index contributed by atoms with van der Waals surface area (Å²) in [5.74, 6) is 0.721. The minimum atomic E-state index is -0.373. The number of allylic oxidation sites excluding steroid dienone is 3. The Morgan fingerprint density at radius 2 is 2.00 bits per heavy atom. The van der Waals surface area contributed by atoms with Crippen LogP contribution in [0.2, 0.25) is 0 Å². The van der Waals surface area contributed by atoms with Gasteiger partial charge in [0.15, 0.2) is 0 Å². The SMILES string of the molecule is COC(=O)c1ccccc1C1c2ccc(N)cc2OC2=CC(=N)C=CC21. The van der Waals surface area contributed by atoms with Gasteiger partial charge in [0.05, 0.1) is 18.4 Å². The van der Waals surface area contributed by atoms with E-state index in [0.29, 0.717) is 28.5 Å². The Labute approximate surface area is 151 Å². The molecule has 0 saturated heterocycles. The molecule has 0 amide bonds. The summed E-state index contributed by atoms with van der Waals surface area (Å²) in [7, 11) is 1.38. The van der Waals surface area contributed by atoms with Crippen LogP contribution in [0.3, 0.4) is 0 Å². The van der Waals surface area contributed by atoms with Crippen LogP contribution in [0.15, 0.2) is 66.5 Å². The van der Waals surface area contributed by atoms with E-state index in [-0.39, 0.29) is 17.8 Å². The van der Waals surface area contributed by atoms with Crippen molar-refractivity contribution in [3.8, 4) is 5.75 Å². The van der Waals surface area contributed by atoms with Crippen molar-refractivity contribution in [3.05, 3.63) is 83.1 Å². The predicted octanol–water partition coefficient (Wildman–Crippen LogP) is 3.67. The Morgan fingerprint density at radius 1 is 1.19 bits per heavy atom. The van der Waals surface area contributed by atoms with Crippen molar-refractivity contribution in [1.82, 2.24) is 0 Å². The first kappa shape index (κ1) is 16.1. The number of hydrogen-bond acceptors (Lipinski definition) is 5. The first-order valence-electron chi connectivity index (χ1n) is 8.31. The Balaban J connectivity index is 1.95. The van der Waals surface area contributed by atoms with Gasteiger partial charge in [-0.15, -0.1) is 0 Å². The van der Waals surface area contributed by atoms with Crippen LogP contribution >= 0.6 is 0 Å². The molecule has 26 heavy (non-hydrogen) atoms. The lowest BCUT2D eigenvalue weighted by atomic mass is 9.74. The molecule has 0 radical (unpaired) electrons. The normalized spacial score (nSPS) is 20.5. The van der Waals surface area contributed by atoms with Crippen LogP contribution < -0.4 is 10.5 Å². The zero-order chi connectivity index (χ0) is 18.3. The number of carbonyl (C=O) groups excluding carboxylic acids is 1. The van der Waals surface area contributed by atoms with Crippen molar-refractivity contribution in [2.75, 3.05) is 12.8 Å². The van der Waals surface area contributed by atoms with E-state index in [1.807, 2.05) is 36.4 Å². The highest BCUT2D eigenvalue weighted by molar-refractivity contribution is 6.03. The quantitative estimate of drug-likeness (QED) is 0.642. The van der Waals surface area contributed by atoms with Gasteiger partial charge in [0, 0.05) is 35.2 Å². The van der Waals surface area contributed by atoms with Gasteiger partial charge < -0.3 is 20.6 Å². The third kappa shape index (κ3) is 2.58. The molecule has 2 atom stereocenters. The highest BCUT2D eigenvalue weighted by Crippen LogP contribution is 2.48. The minimum Gasteiger partial charge on any atom is -0.465 e. The number of esters is 1. The van der Waals surface area contributed by atoms with Crippen LogP contribution in [0.5, 0.6) is 5.75 Å². The number of benzene rings is 2. The van der Waals surface area contributed by atoms with Crippen molar-refractivity contribution in [2.45, 2.75) is 5.92 Å². The molecule has 0 aromatic heterocycles. The summed E-state index contributed by atoms with van der Waals surface area (Å²) in [6.07, 6.45) is 5.42. The summed E-state index contributed by atoms with van der Waals surface area (Å²) in [5.41, 5.74) is 9.25. The summed E-state index contributed by atoms with van der Waals surface area (Å²) in [6.45, 7) is 0. The third-order valence-electron chi connectivity index (χ3n) is 4.77. The summed E-state index contributed by atoms with van der Waals surface area (Å²) < 4.78 is 11.0. The van der Waals surface area contributed by atoms with Gasteiger partial charge in [-0.25, -0.2) is 4.79 Å². The second-order valence-electron chi connectivity index (χ2n) is 6.34. The fourth-order valence-corrected chi connectivity index (χ4v) is 3.61. The zero-order valence-corrected chi connectivity index (χ0v) is 14.2. The van der Waals surface area contributed by atoms with E-state index in [9.17, 15) is 4.79 Å². The van der Waals surface area contributed by atoms with Gasteiger partial charge in [0.1, 0.15) is 11.5 Å². The minimum absolute atomic E-state index is 0.106. The number of rotatable bonds is 2. The summed E-state index contributed by atoms with van der Waals surface area (Å²) in [5, 5.41) is 7.91. The van der Waals surface area contributed by atoms with Crippen molar-refractivity contribution < 1.29 is 14.3 Å². The lowest BCUT2D eigenvalue weighted by Crippen LogP contribution is -2.27. The molecule has 2 unspecified atom stereocenters. The van der Waals surface area contributed by atoms with Gasteiger partial charge in [0.2, 0.25) is 0 Å². The Hall–Kier alpha value is -3.34. The molecule has 130 valence electrons. The molecule has 5 heteroatoms. The fourth-order valence-electron chi connectivity index (χ4n) is 3.61. The molecular weight excluding hydrogens is 328 g/mol. The third-order valence-corrected chi connectivity index (χ3v) is 4.77. The molecule has 3 N–H and O–H groups in total. The van der Waals surface area contributed by atoms with E-state index in [1.165, 1.54) is 7.11 Å². The molecule has 1 aliphatic heterocycles. The first-order valence-corrected chi connectivity index (χ1v) is 8.31. The van der Waals surface area contributed by atoms with Crippen LogP contribution in [0.25, 0.3) is 0 Å². The van der Waals surface area contributed by atoms with Gasteiger partial charge in [-0.3, -0.25) is 0 Å². The molecule has 1 heterocycles. The standard InChI is InChI=1S/C21H18N2O3/c1-25-21(24)15-5-3-2-4-14(15)20-16-8-6-12(22)10-18(16)26-19-11-13(23)7-9-17(19)20/h2-11,16,20,22H,23H2,1H3. The highest BCUT2D eigenvalue weighted by atomic mass is 16.5. The Kier molecular flexibility index (Phi) is 3.84. The van der Waals surface area contributed by atoms with Crippen LogP contribution in [-0.2, 0) is 4.74 Å². The monoisotopic (exact) mass is 346 g/mol. The fraction of sp³-hybridized carbons (Fsp3) is 0.143. The zero-order valence-electron chi connectivity index (χ0n) is 14.2. The first-order chi connectivity index (χ1) is 12.6. The van der Waals surface area contributed by atoms with E-state index >= 15 is 0 Å². The number of nitrogens with one attached hydrogen (secondary N) is 1. The number of carbonyl (C=O) groups is 1. The highest BCUT2D eigenvalue weighted by Gasteiger charge is 2.37. The van der Waals surface area contributed by atoms with E-state index in [2.05, 4.69) is 0 Å². The molecular formula is C21H18N2O3. The molecule has 0 bridgehead atoms. The Bertz CT molecular complexity index is 975. The van der Waals surface area contributed by atoms with Crippen molar-refractivity contribution in [2.24, 2.45) is 5.92 Å². The van der Waals surface area contributed by atoms with Crippen LogP contribution in [0.1, 0.15) is 27.4 Å². The maximum atomic E-state index is 12.3. The molecule has 2 aromatic carbocycles. The van der Waals surface area contributed by atoms with E-state index in [4.69, 9.17) is 20.6 Å². The van der Waals surface area contributed by atoms with Crippen LogP contribution in [0, 0.1) is 11.3 Å². The summed E-state index contributed by atoms with van der Waals surface area (Å²) >= 11 is 0. The second-order valence-corrected chi connectivity index (χ2v) is 6.34. The number of nitrogens with two attached hydrogens (primary N) is 1. The van der Waals surface area contributed by atoms with Gasteiger partial charge in [-0.1, -0.05) is 30.3 Å². The number of fused-ring (bicyclic) bond motifs is 2. The van der Waals surface area contributed by atoms with Gasteiger partial charge >= 0.3 is 5.97 Å². The van der Waals surface area contributed by atoms with Gasteiger partial charge in [0.25, 0.3) is 0 Å². The molecule has 2 aromatic rings. The average molecular weight is 346 g/mol. The van der Waals surface area contributed by atoms with Crippen LogP contribution in [-0.4, -0.2) is 18.8 Å². The maximum Gasteiger partial charge on any atom is 0.338 e. The molecule has 5 nitrogen and oxygen atoms in total. The number of anilines is 1. The number of nitrogen functional groups attached to an aromatic ring is 1. The summed E-state index contributed by atoms with van der Waals surface area (Å²) in [4.78, 5) is 12.3. The lowest BCUT2D eigenvalue weighted by Gasteiger charge is -2.36. The Morgan fingerprint density at radius 3 is 2.81 bits per heavy atom.